The second kappa shape index (κ2) is 7.72. The highest BCUT2D eigenvalue weighted by molar-refractivity contribution is 5.86. The fourth-order valence-corrected chi connectivity index (χ4v) is 1.33. The summed E-state index contributed by atoms with van der Waals surface area (Å²) in [6, 6.07) is 4.92. The SMILES string of the molecule is Cc1cccc(CNC(=O)NCC(=O)NCC(=O)O)n1. The Hall–Kier alpha value is -2.64. The minimum absolute atomic E-state index is 0.240. The zero-order chi connectivity index (χ0) is 15.0. The van der Waals surface area contributed by atoms with E-state index in [4.69, 9.17) is 5.11 Å². The lowest BCUT2D eigenvalue weighted by Crippen LogP contribution is -2.42. The summed E-state index contributed by atoms with van der Waals surface area (Å²) >= 11 is 0. The van der Waals surface area contributed by atoms with Gasteiger partial charge in [-0.2, -0.15) is 0 Å². The summed E-state index contributed by atoms with van der Waals surface area (Å²) in [5.74, 6) is -1.72. The average Bonchev–Trinajstić information content (AvgIpc) is 2.40. The van der Waals surface area contributed by atoms with Crippen molar-refractivity contribution >= 4 is 17.9 Å². The number of rotatable bonds is 6. The smallest absolute Gasteiger partial charge is 0.322 e. The topological polar surface area (TPSA) is 120 Å². The van der Waals surface area contributed by atoms with Gasteiger partial charge in [0.1, 0.15) is 6.54 Å². The predicted molar refractivity (Wildman–Crippen MR) is 69.9 cm³/mol. The van der Waals surface area contributed by atoms with Crippen LogP contribution >= 0.6 is 0 Å². The Bertz CT molecular complexity index is 504. The van der Waals surface area contributed by atoms with E-state index in [1.165, 1.54) is 0 Å². The lowest BCUT2D eigenvalue weighted by molar-refractivity contribution is -0.137. The fraction of sp³-hybridized carbons (Fsp3) is 0.333. The van der Waals surface area contributed by atoms with E-state index in [-0.39, 0.29) is 13.1 Å². The molecule has 0 unspecified atom stereocenters. The van der Waals surface area contributed by atoms with Crippen LogP contribution in [0.25, 0.3) is 0 Å². The molecule has 20 heavy (non-hydrogen) atoms. The molecule has 1 rings (SSSR count). The lowest BCUT2D eigenvalue weighted by Gasteiger charge is -2.07. The summed E-state index contributed by atoms with van der Waals surface area (Å²) in [7, 11) is 0. The van der Waals surface area contributed by atoms with E-state index >= 15 is 0 Å². The van der Waals surface area contributed by atoms with Crippen molar-refractivity contribution in [2.24, 2.45) is 0 Å². The maximum Gasteiger partial charge on any atom is 0.322 e. The fourth-order valence-electron chi connectivity index (χ4n) is 1.33. The molecule has 0 aliphatic heterocycles. The Morgan fingerprint density at radius 3 is 2.55 bits per heavy atom. The van der Waals surface area contributed by atoms with Gasteiger partial charge in [-0.05, 0) is 19.1 Å². The zero-order valence-corrected chi connectivity index (χ0v) is 11.0. The monoisotopic (exact) mass is 280 g/mol. The molecular weight excluding hydrogens is 264 g/mol. The minimum Gasteiger partial charge on any atom is -0.480 e. The van der Waals surface area contributed by atoms with Crippen LogP contribution in [0.15, 0.2) is 18.2 Å². The summed E-state index contributed by atoms with van der Waals surface area (Å²) in [6.45, 7) is 1.32. The van der Waals surface area contributed by atoms with Crippen molar-refractivity contribution in [3.63, 3.8) is 0 Å². The van der Waals surface area contributed by atoms with Gasteiger partial charge in [0, 0.05) is 5.69 Å². The Kier molecular flexibility index (Phi) is 5.95. The molecule has 108 valence electrons. The van der Waals surface area contributed by atoms with Gasteiger partial charge < -0.3 is 21.1 Å². The van der Waals surface area contributed by atoms with Crippen LogP contribution in [0, 0.1) is 6.92 Å². The predicted octanol–water partition coefficient (Wildman–Crippen LogP) is -0.610. The summed E-state index contributed by atoms with van der Waals surface area (Å²) in [6.07, 6.45) is 0. The first-order valence-electron chi connectivity index (χ1n) is 5.90. The molecule has 0 fully saturated rings. The third kappa shape index (κ3) is 6.34. The quantitative estimate of drug-likeness (QED) is 0.554. The minimum atomic E-state index is -1.15. The van der Waals surface area contributed by atoms with Crippen molar-refractivity contribution in [2.45, 2.75) is 13.5 Å². The number of nitrogens with zero attached hydrogens (tertiary/aromatic N) is 1. The first-order chi connectivity index (χ1) is 9.47. The van der Waals surface area contributed by atoms with Gasteiger partial charge >= 0.3 is 12.0 Å². The molecule has 1 heterocycles. The third-order valence-electron chi connectivity index (χ3n) is 2.22. The maximum atomic E-state index is 11.4. The van der Waals surface area contributed by atoms with E-state index in [0.717, 1.165) is 5.69 Å². The molecule has 8 heteroatoms. The number of nitrogens with one attached hydrogen (secondary N) is 3. The number of aliphatic carboxylic acids is 1. The number of urea groups is 1. The molecule has 0 atom stereocenters. The number of aryl methyl sites for hydroxylation is 1. The van der Waals surface area contributed by atoms with Crippen LogP contribution in [0.5, 0.6) is 0 Å². The number of carboxylic acid groups (broad SMARTS) is 1. The number of carbonyl (C=O) groups excluding carboxylic acids is 2. The average molecular weight is 280 g/mol. The molecule has 0 aromatic carbocycles. The molecule has 4 N–H and O–H groups in total. The van der Waals surface area contributed by atoms with Crippen molar-refractivity contribution in [3.05, 3.63) is 29.6 Å². The molecule has 8 nitrogen and oxygen atoms in total. The van der Waals surface area contributed by atoms with Crippen molar-refractivity contribution < 1.29 is 19.5 Å². The second-order valence-electron chi connectivity index (χ2n) is 3.98. The van der Waals surface area contributed by atoms with E-state index in [0.29, 0.717) is 5.69 Å². The van der Waals surface area contributed by atoms with E-state index in [1.54, 1.807) is 6.07 Å². The van der Waals surface area contributed by atoms with Crippen molar-refractivity contribution in [2.75, 3.05) is 13.1 Å². The zero-order valence-electron chi connectivity index (χ0n) is 11.0. The number of amides is 3. The molecule has 0 aliphatic carbocycles. The van der Waals surface area contributed by atoms with Gasteiger partial charge in [0.25, 0.3) is 0 Å². The molecule has 0 aliphatic rings. The number of carboxylic acids is 1. The Balaban J connectivity index is 2.23. The Morgan fingerprint density at radius 2 is 1.90 bits per heavy atom. The van der Waals surface area contributed by atoms with Crippen molar-refractivity contribution in [1.82, 2.24) is 20.9 Å². The molecule has 0 saturated heterocycles. The van der Waals surface area contributed by atoms with E-state index in [2.05, 4.69) is 20.9 Å². The number of carbonyl (C=O) groups is 3. The van der Waals surface area contributed by atoms with Crippen molar-refractivity contribution in [1.29, 1.82) is 0 Å². The second-order valence-corrected chi connectivity index (χ2v) is 3.98. The summed E-state index contributed by atoms with van der Waals surface area (Å²) < 4.78 is 0. The third-order valence-corrected chi connectivity index (χ3v) is 2.22. The Morgan fingerprint density at radius 1 is 1.15 bits per heavy atom. The summed E-state index contributed by atoms with van der Waals surface area (Å²) in [4.78, 5) is 36.9. The van der Waals surface area contributed by atoms with Gasteiger partial charge in [0.15, 0.2) is 0 Å². The molecule has 1 aromatic heterocycles. The number of hydrogen-bond acceptors (Lipinski definition) is 4. The number of pyridine rings is 1. The van der Waals surface area contributed by atoms with Crippen LogP contribution in [0.2, 0.25) is 0 Å². The summed E-state index contributed by atoms with van der Waals surface area (Å²) in [5, 5.41) is 15.3. The van der Waals surface area contributed by atoms with E-state index in [1.807, 2.05) is 19.1 Å². The number of aromatic nitrogens is 1. The standard InChI is InChI=1S/C12H16N4O4/c1-8-3-2-4-9(16-8)5-14-12(20)15-6-10(17)13-7-11(18)19/h2-4H,5-7H2,1H3,(H,13,17)(H,18,19)(H2,14,15,20). The van der Waals surface area contributed by atoms with Gasteiger partial charge in [-0.15, -0.1) is 0 Å². The molecule has 1 aromatic rings. The van der Waals surface area contributed by atoms with Crippen LogP contribution < -0.4 is 16.0 Å². The molecule has 0 bridgehead atoms. The normalized spacial score (nSPS) is 9.65. The lowest BCUT2D eigenvalue weighted by atomic mass is 10.3. The molecule has 3 amide bonds. The largest absolute Gasteiger partial charge is 0.480 e. The highest BCUT2D eigenvalue weighted by Crippen LogP contribution is 1.96. The molecular formula is C12H16N4O4. The van der Waals surface area contributed by atoms with E-state index < -0.39 is 24.5 Å². The highest BCUT2D eigenvalue weighted by Gasteiger charge is 2.06. The van der Waals surface area contributed by atoms with Crippen molar-refractivity contribution in [3.8, 4) is 0 Å². The van der Waals surface area contributed by atoms with E-state index in [9.17, 15) is 14.4 Å². The first kappa shape index (κ1) is 15.4. The van der Waals surface area contributed by atoms with Gasteiger partial charge in [-0.1, -0.05) is 6.07 Å². The Labute approximate surface area is 115 Å². The van der Waals surface area contributed by atoms with Crippen LogP contribution in [-0.2, 0) is 16.1 Å². The van der Waals surface area contributed by atoms with Gasteiger partial charge in [0.2, 0.25) is 5.91 Å². The maximum absolute atomic E-state index is 11.4. The molecule has 0 saturated carbocycles. The molecule has 0 spiro atoms. The summed E-state index contributed by atoms with van der Waals surface area (Å²) in [5.41, 5.74) is 1.55. The van der Waals surface area contributed by atoms with Gasteiger partial charge in [0.05, 0.1) is 18.8 Å². The van der Waals surface area contributed by atoms with Gasteiger partial charge in [-0.25, -0.2) is 4.79 Å². The van der Waals surface area contributed by atoms with Crippen LogP contribution in [0.4, 0.5) is 4.79 Å². The van der Waals surface area contributed by atoms with Crippen LogP contribution in [0.1, 0.15) is 11.4 Å². The van der Waals surface area contributed by atoms with Crippen LogP contribution in [0.3, 0.4) is 0 Å². The first-order valence-corrected chi connectivity index (χ1v) is 5.90. The highest BCUT2D eigenvalue weighted by atomic mass is 16.4. The van der Waals surface area contributed by atoms with Crippen LogP contribution in [-0.4, -0.2) is 41.1 Å². The number of hydrogen-bond donors (Lipinski definition) is 4. The molecule has 0 radical (unpaired) electrons. The van der Waals surface area contributed by atoms with Gasteiger partial charge in [-0.3, -0.25) is 14.6 Å².